The first-order chi connectivity index (χ1) is 21.1. The highest BCUT2D eigenvalue weighted by atomic mass is 32.2. The fourth-order valence-corrected chi connectivity index (χ4v) is 6.83. The molecule has 6 N–H and O–H groups in total. The number of amides is 1. The number of carboxylic acid groups (broad SMARTS) is 1. The largest absolute Gasteiger partial charge is 0.480 e. The van der Waals surface area contributed by atoms with Crippen molar-refractivity contribution in [3.63, 3.8) is 0 Å². The lowest BCUT2D eigenvalue weighted by molar-refractivity contribution is -0.138. The minimum Gasteiger partial charge on any atom is -0.480 e. The van der Waals surface area contributed by atoms with E-state index in [2.05, 4.69) is 35.5 Å². The maximum atomic E-state index is 13.4. The third-order valence-corrected chi connectivity index (χ3v) is 8.98. The second kappa shape index (κ2) is 13.1. The van der Waals surface area contributed by atoms with Crippen LogP contribution in [0.4, 0.5) is 5.95 Å². The average Bonchev–Trinajstić information content (AvgIpc) is 3.67. The van der Waals surface area contributed by atoms with Gasteiger partial charge in [-0.15, -0.1) is 0 Å². The van der Waals surface area contributed by atoms with Crippen molar-refractivity contribution in [2.24, 2.45) is 0 Å². The molecule has 228 valence electrons. The number of carbonyl (C=O) groups excluding carboxylic acids is 1. The Morgan fingerprint density at radius 1 is 1.00 bits per heavy atom. The van der Waals surface area contributed by atoms with Crippen LogP contribution in [0.15, 0.2) is 78.0 Å². The standard InChI is InChI=1S/C31H33N7O5S/c1-19-16-22(21-8-4-3-5-9-21)17-20(2)28(19)44(42,43)38-26(30(40)41)18-35-29(39)24-11-6-10-23-25(36-37-27(23)24)12-7-13-32-31-33-14-15-34-31/h3-6,8-11,14-17,26,38H,7,12-13,18H2,1-2H3,(H,35,39)(H,36,37)(H,40,41)(H2,32,33,34). The van der Waals surface area contributed by atoms with Crippen LogP contribution in [0.2, 0.25) is 0 Å². The van der Waals surface area contributed by atoms with Gasteiger partial charge < -0.3 is 20.7 Å². The van der Waals surface area contributed by atoms with Crippen LogP contribution < -0.4 is 15.4 Å². The van der Waals surface area contributed by atoms with Crippen molar-refractivity contribution in [2.75, 3.05) is 18.4 Å². The fourth-order valence-electron chi connectivity index (χ4n) is 5.19. The minimum atomic E-state index is -4.24. The number of anilines is 1. The van der Waals surface area contributed by atoms with Crippen LogP contribution in [-0.4, -0.2) is 64.7 Å². The smallest absolute Gasteiger partial charge is 0.323 e. The summed E-state index contributed by atoms with van der Waals surface area (Å²) in [5.41, 5.74) is 4.27. The van der Waals surface area contributed by atoms with Gasteiger partial charge in [0.05, 0.1) is 10.5 Å². The SMILES string of the molecule is Cc1cc(-c2ccccc2)cc(C)c1S(=O)(=O)NC(CNC(=O)c1cccc2c(CCCNc3ncc[nH]3)[nH]nc12)C(=O)O. The van der Waals surface area contributed by atoms with Crippen molar-refractivity contribution >= 4 is 38.8 Å². The van der Waals surface area contributed by atoms with E-state index in [9.17, 15) is 23.1 Å². The number of carboxylic acids is 1. The third-order valence-electron chi connectivity index (χ3n) is 7.20. The van der Waals surface area contributed by atoms with Gasteiger partial charge in [0, 0.05) is 36.6 Å². The highest BCUT2D eigenvalue weighted by Crippen LogP contribution is 2.28. The van der Waals surface area contributed by atoms with Crippen LogP contribution in [0.25, 0.3) is 22.0 Å². The van der Waals surface area contributed by atoms with Crippen LogP contribution >= 0.6 is 0 Å². The Balaban J connectivity index is 1.26. The number of nitrogens with one attached hydrogen (secondary N) is 5. The average molecular weight is 616 g/mol. The van der Waals surface area contributed by atoms with Gasteiger partial charge in [0.15, 0.2) is 5.95 Å². The minimum absolute atomic E-state index is 0.00272. The molecule has 13 heteroatoms. The number of sulfonamides is 1. The number of benzene rings is 3. The Labute approximate surface area is 254 Å². The molecule has 0 aliphatic carbocycles. The summed E-state index contributed by atoms with van der Waals surface area (Å²) in [5, 5.41) is 23.7. The molecule has 1 amide bonds. The van der Waals surface area contributed by atoms with Crippen molar-refractivity contribution in [3.05, 3.63) is 95.4 Å². The predicted molar refractivity (Wildman–Crippen MR) is 167 cm³/mol. The number of hydrogen-bond acceptors (Lipinski definition) is 7. The lowest BCUT2D eigenvalue weighted by Gasteiger charge is -2.19. The summed E-state index contributed by atoms with van der Waals surface area (Å²) in [5.74, 6) is -1.31. The molecule has 0 aliphatic heterocycles. The fraction of sp³-hybridized carbons (Fsp3) is 0.226. The number of carbonyl (C=O) groups is 2. The van der Waals surface area contributed by atoms with Crippen molar-refractivity contribution in [1.29, 1.82) is 0 Å². The number of aromatic amines is 2. The number of fused-ring (bicyclic) bond motifs is 1. The van der Waals surface area contributed by atoms with Gasteiger partial charge in [-0.25, -0.2) is 13.4 Å². The van der Waals surface area contributed by atoms with Crippen molar-refractivity contribution < 1.29 is 23.1 Å². The molecule has 0 aliphatic rings. The van der Waals surface area contributed by atoms with E-state index in [-0.39, 0.29) is 10.5 Å². The van der Waals surface area contributed by atoms with Gasteiger partial charge in [-0.3, -0.25) is 14.7 Å². The number of aromatic nitrogens is 4. The van der Waals surface area contributed by atoms with Gasteiger partial charge in [-0.2, -0.15) is 9.82 Å². The van der Waals surface area contributed by atoms with Gasteiger partial charge in [0.1, 0.15) is 11.6 Å². The zero-order chi connectivity index (χ0) is 31.3. The molecule has 0 saturated heterocycles. The summed E-state index contributed by atoms with van der Waals surface area (Å²) < 4.78 is 29.0. The summed E-state index contributed by atoms with van der Waals surface area (Å²) in [6.07, 6.45) is 4.85. The Hall–Kier alpha value is -5.01. The van der Waals surface area contributed by atoms with Gasteiger partial charge in [0.2, 0.25) is 10.0 Å². The molecule has 5 rings (SSSR count). The monoisotopic (exact) mass is 615 g/mol. The Kier molecular flexibility index (Phi) is 9.07. The number of rotatable bonds is 13. The molecule has 0 radical (unpaired) electrons. The molecule has 1 unspecified atom stereocenters. The molecular weight excluding hydrogens is 582 g/mol. The second-order valence-corrected chi connectivity index (χ2v) is 12.1. The molecule has 1 atom stereocenters. The molecule has 44 heavy (non-hydrogen) atoms. The lowest BCUT2D eigenvalue weighted by Crippen LogP contribution is -2.48. The first-order valence-corrected chi connectivity index (χ1v) is 15.5. The van der Waals surface area contributed by atoms with E-state index in [1.807, 2.05) is 36.4 Å². The van der Waals surface area contributed by atoms with Crippen LogP contribution in [0.5, 0.6) is 0 Å². The molecule has 0 bridgehead atoms. The Morgan fingerprint density at radius 3 is 2.43 bits per heavy atom. The molecule has 0 spiro atoms. The number of imidazole rings is 1. The molecule has 2 aromatic heterocycles. The lowest BCUT2D eigenvalue weighted by atomic mass is 10.0. The Bertz CT molecular complexity index is 1860. The number of aliphatic carboxylic acids is 1. The quantitative estimate of drug-likeness (QED) is 0.108. The van der Waals surface area contributed by atoms with E-state index in [1.54, 1.807) is 50.5 Å². The van der Waals surface area contributed by atoms with Crippen molar-refractivity contribution in [1.82, 2.24) is 30.2 Å². The predicted octanol–water partition coefficient (Wildman–Crippen LogP) is 3.78. The maximum absolute atomic E-state index is 13.4. The van der Waals surface area contributed by atoms with Crippen LogP contribution in [0, 0.1) is 13.8 Å². The van der Waals surface area contributed by atoms with Gasteiger partial charge >= 0.3 is 5.97 Å². The number of nitrogens with zero attached hydrogens (tertiary/aromatic N) is 2. The van der Waals surface area contributed by atoms with Crippen LogP contribution in [0.3, 0.4) is 0 Å². The summed E-state index contributed by atoms with van der Waals surface area (Å²) in [4.78, 5) is 32.3. The van der Waals surface area contributed by atoms with E-state index in [0.717, 1.165) is 28.6 Å². The van der Waals surface area contributed by atoms with E-state index >= 15 is 0 Å². The van der Waals surface area contributed by atoms with Crippen LogP contribution in [-0.2, 0) is 21.2 Å². The maximum Gasteiger partial charge on any atom is 0.323 e. The van der Waals surface area contributed by atoms with E-state index in [1.165, 1.54) is 0 Å². The number of para-hydroxylation sites is 1. The number of hydrogen-bond donors (Lipinski definition) is 6. The van der Waals surface area contributed by atoms with Gasteiger partial charge in [-0.05, 0) is 55.0 Å². The van der Waals surface area contributed by atoms with Gasteiger partial charge in [0.25, 0.3) is 5.91 Å². The zero-order valence-corrected chi connectivity index (χ0v) is 25.0. The van der Waals surface area contributed by atoms with E-state index in [0.29, 0.717) is 35.6 Å². The summed E-state index contributed by atoms with van der Waals surface area (Å²) in [6.45, 7) is 3.54. The van der Waals surface area contributed by atoms with Crippen molar-refractivity contribution in [2.45, 2.75) is 37.6 Å². The summed E-state index contributed by atoms with van der Waals surface area (Å²) >= 11 is 0. The third kappa shape index (κ3) is 6.79. The molecule has 2 heterocycles. The van der Waals surface area contributed by atoms with Crippen LogP contribution in [0.1, 0.15) is 33.6 Å². The van der Waals surface area contributed by atoms with E-state index in [4.69, 9.17) is 0 Å². The van der Waals surface area contributed by atoms with Crippen molar-refractivity contribution in [3.8, 4) is 11.1 Å². The topological polar surface area (TPSA) is 182 Å². The number of H-pyrrole nitrogens is 2. The second-order valence-electron chi connectivity index (χ2n) is 10.4. The molecule has 5 aromatic rings. The molecule has 3 aromatic carbocycles. The zero-order valence-electron chi connectivity index (χ0n) is 24.2. The highest BCUT2D eigenvalue weighted by molar-refractivity contribution is 7.89. The molecule has 12 nitrogen and oxygen atoms in total. The molecule has 0 saturated carbocycles. The normalized spacial score (nSPS) is 12.2. The summed E-state index contributed by atoms with van der Waals surface area (Å²) in [6, 6.07) is 16.6. The molecular formula is C31H33N7O5S. The van der Waals surface area contributed by atoms with E-state index < -0.39 is 34.5 Å². The first kappa shape index (κ1) is 30.4. The Morgan fingerprint density at radius 2 is 1.75 bits per heavy atom. The molecule has 0 fully saturated rings. The highest BCUT2D eigenvalue weighted by Gasteiger charge is 2.29. The summed E-state index contributed by atoms with van der Waals surface area (Å²) in [7, 11) is -4.24. The number of aryl methyl sites for hydroxylation is 3. The first-order valence-electron chi connectivity index (χ1n) is 14.0. The van der Waals surface area contributed by atoms with Gasteiger partial charge in [-0.1, -0.05) is 54.6 Å².